The molecule has 1 aliphatic heterocycles. The molecule has 2 atom stereocenters. The molecule has 1 amide bonds. The van der Waals surface area contributed by atoms with E-state index in [0.717, 1.165) is 6.54 Å². The maximum Gasteiger partial charge on any atom is 0.227 e. The number of carbonyl (C=O) groups excluding carboxylic acids is 1. The number of carbonyl (C=O) groups is 1. The molecule has 1 heterocycles. The monoisotopic (exact) mass is 258 g/mol. The normalized spacial score (nSPS) is 25.2. The molecular formula is C13H26N2O3. The minimum absolute atomic E-state index is 0.0626. The van der Waals surface area contributed by atoms with Gasteiger partial charge in [-0.3, -0.25) is 4.79 Å². The summed E-state index contributed by atoms with van der Waals surface area (Å²) in [5, 5.41) is 16.2. The summed E-state index contributed by atoms with van der Waals surface area (Å²) in [7, 11) is 0. The van der Waals surface area contributed by atoms with Crippen LogP contribution < -0.4 is 10.6 Å². The molecule has 0 aromatic rings. The van der Waals surface area contributed by atoms with Crippen molar-refractivity contribution in [2.24, 2.45) is 5.92 Å². The first-order valence-electron chi connectivity index (χ1n) is 6.54. The lowest BCUT2D eigenvalue weighted by Gasteiger charge is -2.39. The molecule has 2 unspecified atom stereocenters. The lowest BCUT2D eigenvalue weighted by Crippen LogP contribution is -2.60. The number of nitrogens with one attached hydrogen (secondary N) is 2. The predicted octanol–water partition coefficient (Wildman–Crippen LogP) is 0.277. The van der Waals surface area contributed by atoms with Gasteiger partial charge in [0.05, 0.1) is 30.3 Å². The Kier molecular flexibility index (Phi) is 4.75. The summed E-state index contributed by atoms with van der Waals surface area (Å²) < 4.78 is 5.36. The quantitative estimate of drug-likeness (QED) is 0.662. The van der Waals surface area contributed by atoms with Crippen LogP contribution in [0.1, 0.15) is 34.6 Å². The number of likely N-dealkylation sites (N-methyl/N-ethyl adjacent to an activating group) is 1. The van der Waals surface area contributed by atoms with Crippen LogP contribution >= 0.6 is 0 Å². The van der Waals surface area contributed by atoms with Gasteiger partial charge in [0, 0.05) is 6.04 Å². The van der Waals surface area contributed by atoms with Crippen molar-refractivity contribution in [3.63, 3.8) is 0 Å². The lowest BCUT2D eigenvalue weighted by atomic mass is 9.85. The van der Waals surface area contributed by atoms with E-state index in [1.807, 2.05) is 20.8 Å². The highest BCUT2D eigenvalue weighted by Gasteiger charge is 2.40. The van der Waals surface area contributed by atoms with Crippen LogP contribution in [-0.4, -0.2) is 48.0 Å². The Morgan fingerprint density at radius 2 is 1.94 bits per heavy atom. The molecule has 18 heavy (non-hydrogen) atoms. The maximum absolute atomic E-state index is 12.3. The molecule has 0 saturated carbocycles. The van der Waals surface area contributed by atoms with Gasteiger partial charge in [0.25, 0.3) is 0 Å². The van der Waals surface area contributed by atoms with Crippen LogP contribution in [0.25, 0.3) is 0 Å². The highest BCUT2D eigenvalue weighted by atomic mass is 16.5. The van der Waals surface area contributed by atoms with Crippen molar-refractivity contribution in [1.82, 2.24) is 10.6 Å². The zero-order valence-electron chi connectivity index (χ0n) is 12.0. The Labute approximate surface area is 109 Å². The summed E-state index contributed by atoms with van der Waals surface area (Å²) in [6, 6.07) is 0.0626. The van der Waals surface area contributed by atoms with E-state index in [9.17, 15) is 9.90 Å². The van der Waals surface area contributed by atoms with E-state index in [4.69, 9.17) is 4.74 Å². The Bertz CT molecular complexity index is 297. The fourth-order valence-electron chi connectivity index (χ4n) is 1.83. The zero-order chi connectivity index (χ0) is 14.0. The highest BCUT2D eigenvalue weighted by molar-refractivity contribution is 5.80. The fourth-order valence-corrected chi connectivity index (χ4v) is 1.83. The van der Waals surface area contributed by atoms with Crippen LogP contribution in [0, 0.1) is 5.92 Å². The number of ether oxygens (including phenoxy) is 1. The molecular weight excluding hydrogens is 232 g/mol. The van der Waals surface area contributed by atoms with Crippen molar-refractivity contribution >= 4 is 5.91 Å². The first-order valence-corrected chi connectivity index (χ1v) is 6.54. The van der Waals surface area contributed by atoms with E-state index in [2.05, 4.69) is 10.6 Å². The van der Waals surface area contributed by atoms with Gasteiger partial charge in [0.2, 0.25) is 5.91 Å². The number of rotatable bonds is 5. The second kappa shape index (κ2) is 5.55. The van der Waals surface area contributed by atoms with Crippen LogP contribution in [0.2, 0.25) is 0 Å². The van der Waals surface area contributed by atoms with Gasteiger partial charge in [-0.1, -0.05) is 6.92 Å². The van der Waals surface area contributed by atoms with Gasteiger partial charge in [0.15, 0.2) is 0 Å². The van der Waals surface area contributed by atoms with Gasteiger partial charge in [-0.25, -0.2) is 0 Å². The largest absolute Gasteiger partial charge is 0.388 e. The molecule has 0 radical (unpaired) electrons. The third-order valence-electron chi connectivity index (χ3n) is 3.85. The van der Waals surface area contributed by atoms with E-state index in [1.54, 1.807) is 13.8 Å². The van der Waals surface area contributed by atoms with Crippen LogP contribution in [0.4, 0.5) is 0 Å². The number of hydrogen-bond acceptors (Lipinski definition) is 4. The Morgan fingerprint density at radius 3 is 2.44 bits per heavy atom. The molecule has 1 saturated heterocycles. The standard InChI is InChI=1S/C13H26N2O3/c1-6-14-10-8-18-7-9(10)11(16)15-12(2,3)13(4,5)17/h9-10,14,17H,6-8H2,1-5H3,(H,15,16). The summed E-state index contributed by atoms with van der Waals surface area (Å²) in [6.07, 6.45) is 0. The molecule has 3 N–H and O–H groups in total. The van der Waals surface area contributed by atoms with Crippen molar-refractivity contribution in [3.8, 4) is 0 Å². The molecule has 0 bridgehead atoms. The molecule has 0 aromatic heterocycles. The van der Waals surface area contributed by atoms with E-state index in [0.29, 0.717) is 13.2 Å². The van der Waals surface area contributed by atoms with E-state index < -0.39 is 11.1 Å². The summed E-state index contributed by atoms with van der Waals surface area (Å²) in [5.74, 6) is -0.253. The van der Waals surface area contributed by atoms with Gasteiger partial charge in [-0.05, 0) is 34.2 Å². The molecule has 106 valence electrons. The van der Waals surface area contributed by atoms with Gasteiger partial charge in [0.1, 0.15) is 0 Å². The highest BCUT2D eigenvalue weighted by Crippen LogP contribution is 2.22. The molecule has 0 spiro atoms. The Balaban J connectivity index is 2.65. The smallest absolute Gasteiger partial charge is 0.227 e. The average Bonchev–Trinajstić information content (AvgIpc) is 2.64. The SMILES string of the molecule is CCNC1COCC1C(=O)NC(C)(C)C(C)(C)O. The number of amides is 1. The maximum atomic E-state index is 12.3. The predicted molar refractivity (Wildman–Crippen MR) is 70.3 cm³/mol. The average molecular weight is 258 g/mol. The number of aliphatic hydroxyl groups is 1. The second-order valence-electron chi connectivity index (χ2n) is 5.98. The summed E-state index contributed by atoms with van der Waals surface area (Å²) in [6.45, 7) is 10.9. The van der Waals surface area contributed by atoms with Gasteiger partial charge >= 0.3 is 0 Å². The van der Waals surface area contributed by atoms with Gasteiger partial charge in [-0.2, -0.15) is 0 Å². The van der Waals surface area contributed by atoms with Crippen LogP contribution in [0.5, 0.6) is 0 Å². The first kappa shape index (κ1) is 15.4. The molecule has 0 aliphatic carbocycles. The van der Waals surface area contributed by atoms with E-state index in [-0.39, 0.29) is 17.9 Å². The van der Waals surface area contributed by atoms with E-state index in [1.165, 1.54) is 0 Å². The molecule has 1 aliphatic rings. The van der Waals surface area contributed by atoms with Crippen LogP contribution in [0.3, 0.4) is 0 Å². The zero-order valence-corrected chi connectivity index (χ0v) is 12.0. The Hall–Kier alpha value is -0.650. The topological polar surface area (TPSA) is 70.6 Å². The molecule has 5 nitrogen and oxygen atoms in total. The third-order valence-corrected chi connectivity index (χ3v) is 3.85. The van der Waals surface area contributed by atoms with Gasteiger partial charge in [-0.15, -0.1) is 0 Å². The first-order chi connectivity index (χ1) is 8.19. The minimum Gasteiger partial charge on any atom is -0.388 e. The Morgan fingerprint density at radius 1 is 1.33 bits per heavy atom. The summed E-state index contributed by atoms with van der Waals surface area (Å²) >= 11 is 0. The second-order valence-corrected chi connectivity index (χ2v) is 5.98. The molecule has 5 heteroatoms. The molecule has 1 rings (SSSR count). The van der Waals surface area contributed by atoms with Crippen molar-refractivity contribution in [3.05, 3.63) is 0 Å². The lowest BCUT2D eigenvalue weighted by molar-refractivity contribution is -0.130. The van der Waals surface area contributed by atoms with Crippen molar-refractivity contribution in [1.29, 1.82) is 0 Å². The molecule has 0 aromatic carbocycles. The van der Waals surface area contributed by atoms with E-state index >= 15 is 0 Å². The van der Waals surface area contributed by atoms with Crippen LogP contribution in [0.15, 0.2) is 0 Å². The van der Waals surface area contributed by atoms with Crippen molar-refractivity contribution in [2.75, 3.05) is 19.8 Å². The summed E-state index contributed by atoms with van der Waals surface area (Å²) in [5.41, 5.74) is -1.65. The minimum atomic E-state index is -0.976. The van der Waals surface area contributed by atoms with Crippen LogP contribution in [-0.2, 0) is 9.53 Å². The van der Waals surface area contributed by atoms with Crippen molar-refractivity contribution in [2.45, 2.75) is 51.8 Å². The third kappa shape index (κ3) is 3.43. The van der Waals surface area contributed by atoms with Gasteiger partial charge < -0.3 is 20.5 Å². The summed E-state index contributed by atoms with van der Waals surface area (Å²) in [4.78, 5) is 12.3. The fraction of sp³-hybridized carbons (Fsp3) is 0.923. The number of hydrogen-bond donors (Lipinski definition) is 3. The molecule has 1 fully saturated rings. The van der Waals surface area contributed by atoms with Crippen molar-refractivity contribution < 1.29 is 14.6 Å².